The standard InChI is InChI=1S/C6H13NOS.C4H9NO2.C4H11NOS.C4H8O2.C3H9N.C2H4O2.C2H4O.C2H6.8CH4.4Al.4Li.4H/c1-5-7-9(8)6(2,3)4;1-4(6)5(2)7-3;1-4(2,3)7(5)6;1-3-6-4(2)5;1-3(2)4;1-2(3)4;1-2-3;1-2;;;;;;;;;;;;;;;;;;;;/h5H,1-4H3;1-3H3;5H2,1-3H3;3H2,1-2H3;3H,4H2,1-2H3;1H3,(H,3,4);2H,1H3;1-2H3;8*1H4;;;;;;;;;;;;. The number of carbonyl (C=O) groups is 4. The van der Waals surface area contributed by atoms with Gasteiger partial charge in [-0.1, -0.05) is 87.1 Å². The van der Waals surface area contributed by atoms with Crippen LogP contribution in [0, 0.1) is 0 Å². The van der Waals surface area contributed by atoms with Crippen LogP contribution in [0.2, 0.25) is 0 Å². The molecule has 0 spiro atoms. The van der Waals surface area contributed by atoms with Gasteiger partial charge in [-0.2, -0.15) is 4.40 Å². The van der Waals surface area contributed by atoms with Crippen molar-refractivity contribution in [1.82, 2.24) is 5.06 Å². The molecule has 0 heterocycles. The molecule has 0 rings (SSSR count). The molecule has 5 N–H and O–H groups in total. The summed E-state index contributed by atoms with van der Waals surface area (Å²) in [5.74, 6) is -1.14. The van der Waals surface area contributed by atoms with Crippen molar-refractivity contribution < 1.29 is 42.3 Å². The van der Waals surface area contributed by atoms with Crippen LogP contribution >= 0.6 is 0 Å². The molecule has 0 aliphatic rings. The van der Waals surface area contributed by atoms with Crippen LogP contribution in [0.5, 0.6) is 0 Å². The number of ether oxygens (including phenoxy) is 1. The van der Waals surface area contributed by atoms with E-state index in [2.05, 4.69) is 14.0 Å². The van der Waals surface area contributed by atoms with Gasteiger partial charge in [0.15, 0.2) is 0 Å². The molecule has 1 amide bonds. The van der Waals surface area contributed by atoms with E-state index in [9.17, 15) is 18.0 Å². The Morgan fingerprint density at radius 2 is 0.948 bits per heavy atom. The van der Waals surface area contributed by atoms with Crippen LogP contribution < -0.4 is 10.9 Å². The molecule has 23 heteroatoms. The average Bonchev–Trinajstić information content (AvgIpc) is 2.79. The Kier molecular flexibility index (Phi) is 328. The Morgan fingerprint density at radius 1 is 0.759 bits per heavy atom. The number of aliphatic carboxylic acids is 1. The largest absolute Gasteiger partial charge is 0.481 e. The quantitative estimate of drug-likeness (QED) is 0.111. The number of nitrogens with zero attached hydrogens (tertiary/aromatic N) is 2. The first-order valence-electron chi connectivity index (χ1n) is 13.1. The fraction of sp³-hybridized carbons (Fsp3) is 0.857. The summed E-state index contributed by atoms with van der Waals surface area (Å²) in [5.41, 5.74) is 5.11. The molecular weight excluding hydrogens is 820 g/mol. The van der Waals surface area contributed by atoms with E-state index in [1.807, 2.05) is 69.2 Å². The number of nitrogens with two attached hydrogens (primary N) is 2. The van der Waals surface area contributed by atoms with Gasteiger partial charge in [0.25, 0.3) is 5.97 Å². The summed E-state index contributed by atoms with van der Waals surface area (Å²) in [5, 5.41) is 13.6. The third-order valence-corrected chi connectivity index (χ3v) is 5.05. The molecule has 342 valence electrons. The van der Waals surface area contributed by atoms with Gasteiger partial charge >= 0.3 is 5.97 Å². The molecule has 12 radical (unpaired) electrons. The van der Waals surface area contributed by atoms with E-state index in [0.29, 0.717) is 12.6 Å². The molecule has 0 aliphatic heterocycles. The molecule has 0 aromatic rings. The van der Waals surface area contributed by atoms with E-state index in [1.165, 1.54) is 27.9 Å². The van der Waals surface area contributed by atoms with Crippen molar-refractivity contribution in [3.63, 3.8) is 0 Å². The van der Waals surface area contributed by atoms with Crippen LogP contribution in [0.15, 0.2) is 4.40 Å². The van der Waals surface area contributed by atoms with Gasteiger partial charge in [-0.15, -0.1) is 0 Å². The first-order valence-corrected chi connectivity index (χ1v) is 15.4. The number of carboxylic acids is 1. The molecule has 0 aromatic carbocycles. The van der Waals surface area contributed by atoms with E-state index in [0.717, 1.165) is 18.3 Å². The zero-order chi connectivity index (χ0) is 36.3. The van der Waals surface area contributed by atoms with Crippen LogP contribution in [-0.4, -0.2) is 230 Å². The van der Waals surface area contributed by atoms with Gasteiger partial charge < -0.3 is 20.4 Å². The Balaban J connectivity index is -0.0000000102. The maximum Gasteiger partial charge on any atom is 0.302 e. The summed E-state index contributed by atoms with van der Waals surface area (Å²) in [6.45, 7) is 28.5. The Morgan fingerprint density at radius 3 is 0.966 bits per heavy atom. The smallest absolute Gasteiger partial charge is 0.302 e. The van der Waals surface area contributed by atoms with Crippen LogP contribution in [0.1, 0.15) is 170 Å². The molecule has 0 bridgehead atoms. The van der Waals surface area contributed by atoms with Crippen molar-refractivity contribution in [3.05, 3.63) is 0 Å². The minimum Gasteiger partial charge on any atom is -0.481 e. The molecule has 0 saturated carbocycles. The topological polar surface area (TPSA) is 209 Å². The van der Waals surface area contributed by atoms with Crippen molar-refractivity contribution in [2.75, 3.05) is 20.8 Å². The van der Waals surface area contributed by atoms with Gasteiger partial charge in [0.2, 0.25) is 5.91 Å². The molecular formula is C35H100Al4Li4N4O9S2. The normalized spacial score (nSPS) is 7.74. The first-order chi connectivity index (χ1) is 18.8. The van der Waals surface area contributed by atoms with Crippen LogP contribution in [0.25, 0.3) is 0 Å². The van der Waals surface area contributed by atoms with Crippen LogP contribution in [-0.2, 0) is 50.7 Å². The van der Waals surface area contributed by atoms with E-state index in [1.54, 1.807) is 27.1 Å². The fourth-order valence-electron chi connectivity index (χ4n) is 0.586. The summed E-state index contributed by atoms with van der Waals surface area (Å²) in [6.07, 6.45) is 2.32. The van der Waals surface area contributed by atoms with Gasteiger partial charge in [0.05, 0.1) is 104 Å². The summed E-state index contributed by atoms with van der Waals surface area (Å²) in [4.78, 5) is 42.3. The molecule has 0 aliphatic carbocycles. The van der Waals surface area contributed by atoms with Gasteiger partial charge in [-0.3, -0.25) is 24.4 Å². The van der Waals surface area contributed by atoms with Crippen LogP contribution in [0.4, 0.5) is 0 Å². The molecule has 0 fully saturated rings. The van der Waals surface area contributed by atoms with Crippen molar-refractivity contribution in [1.29, 1.82) is 0 Å². The molecule has 0 aromatic heterocycles. The van der Waals surface area contributed by atoms with E-state index >= 15 is 0 Å². The Labute approximate surface area is 461 Å². The second-order valence-corrected chi connectivity index (χ2v) is 13.0. The maximum atomic E-state index is 11.0. The number of hydrogen-bond acceptors (Lipinski definition) is 9. The molecule has 2 atom stereocenters. The summed E-state index contributed by atoms with van der Waals surface area (Å²) in [7, 11) is 0.753. The van der Waals surface area contributed by atoms with Crippen LogP contribution in [0.3, 0.4) is 0 Å². The van der Waals surface area contributed by atoms with Gasteiger partial charge in [0, 0.05) is 109 Å². The zero-order valence-electron chi connectivity index (χ0n) is 36.3. The zero-order valence-corrected chi connectivity index (χ0v) is 43.6. The van der Waals surface area contributed by atoms with Crippen molar-refractivity contribution in [2.45, 2.75) is 186 Å². The van der Waals surface area contributed by atoms with Gasteiger partial charge in [0.1, 0.15) is 17.3 Å². The summed E-state index contributed by atoms with van der Waals surface area (Å²) in [6, 6.07) is 0.333. The number of aldehydes is 1. The number of hydroxylamine groups is 2. The summed E-state index contributed by atoms with van der Waals surface area (Å²) < 4.78 is 29.0. The summed E-state index contributed by atoms with van der Waals surface area (Å²) >= 11 is 0. The molecule has 0 saturated heterocycles. The first kappa shape index (κ1) is 161. The minimum absolute atomic E-state index is 0. The van der Waals surface area contributed by atoms with Gasteiger partial charge in [-0.25, -0.2) is 13.5 Å². The van der Waals surface area contributed by atoms with E-state index < -0.39 is 27.9 Å². The maximum absolute atomic E-state index is 11.0. The number of carboxylic acid groups (broad SMARTS) is 1. The second-order valence-electron chi connectivity index (χ2n) is 9.26. The predicted octanol–water partition coefficient (Wildman–Crippen LogP) is 5.19. The minimum atomic E-state index is -1.18. The number of rotatable bonds is 3. The Bertz CT molecular complexity index is 746. The van der Waals surface area contributed by atoms with E-state index in [-0.39, 0.29) is 226 Å². The van der Waals surface area contributed by atoms with E-state index in [4.69, 9.17) is 25.6 Å². The molecule has 13 nitrogen and oxygen atoms in total. The van der Waals surface area contributed by atoms with Crippen molar-refractivity contribution in [2.24, 2.45) is 15.3 Å². The molecule has 58 heavy (non-hydrogen) atoms. The number of amides is 1. The second kappa shape index (κ2) is 118. The Hall–Kier alpha value is 2.45. The number of carbonyl (C=O) groups excluding carboxylic acids is 3. The fourth-order valence-corrected chi connectivity index (χ4v) is 1.09. The number of hydrogen-bond donors (Lipinski definition) is 3. The third-order valence-electron chi connectivity index (χ3n) is 2.39. The number of esters is 1. The molecule has 2 unspecified atom stereocenters. The predicted molar refractivity (Wildman–Crippen MR) is 283 cm³/mol. The third kappa shape index (κ3) is 276. The van der Waals surface area contributed by atoms with Crippen molar-refractivity contribution >= 4 is 197 Å². The van der Waals surface area contributed by atoms with Gasteiger partial charge in [-0.05, 0) is 68.4 Å². The average molecular weight is 921 g/mol. The monoisotopic (exact) mass is 921 g/mol. The van der Waals surface area contributed by atoms with Crippen molar-refractivity contribution in [3.8, 4) is 0 Å². The SMILES string of the molecule is C.C.C.C.C.C.C.C.CC.CC(=O)O.CC(C)(C)S(N)=O.CC(C)N.CC=NS(=O)C(C)(C)C.CC=O.CCOC(C)=O.CON(C)C(C)=O.[AlH].[AlH].[AlH].[AlH].[Li].[Li].[Li].[Li].